The van der Waals surface area contributed by atoms with Crippen molar-refractivity contribution in [1.29, 1.82) is 0 Å². The molecule has 4 rings (SSSR count). The van der Waals surface area contributed by atoms with E-state index in [9.17, 15) is 13.6 Å². The Balaban J connectivity index is 1.53. The molecule has 0 atom stereocenters. The van der Waals surface area contributed by atoms with Gasteiger partial charge in [-0.25, -0.2) is 8.78 Å². The minimum atomic E-state index is -1.02. The van der Waals surface area contributed by atoms with E-state index in [1.807, 2.05) is 41.8 Å². The summed E-state index contributed by atoms with van der Waals surface area (Å²) >= 11 is 1.19. The maximum atomic E-state index is 13.3. The van der Waals surface area contributed by atoms with E-state index < -0.39 is 11.6 Å². The van der Waals surface area contributed by atoms with E-state index in [-0.39, 0.29) is 17.3 Å². The normalized spacial score (nSPS) is 10.9. The van der Waals surface area contributed by atoms with Crippen LogP contribution in [0.1, 0.15) is 11.3 Å². The molecule has 6 nitrogen and oxygen atoms in total. The minimum Gasteiger partial charge on any atom is -0.467 e. The van der Waals surface area contributed by atoms with Crippen LogP contribution in [0.5, 0.6) is 0 Å². The first kappa shape index (κ1) is 20.8. The summed E-state index contributed by atoms with van der Waals surface area (Å²) in [7, 11) is 0. The molecule has 0 radical (unpaired) electrons. The second-order valence-corrected chi connectivity index (χ2v) is 7.75. The molecule has 2 aromatic carbocycles. The van der Waals surface area contributed by atoms with Gasteiger partial charge in [-0.15, -0.1) is 10.2 Å². The highest BCUT2D eigenvalue weighted by Gasteiger charge is 2.17. The van der Waals surface area contributed by atoms with Crippen molar-refractivity contribution in [3.8, 4) is 11.4 Å². The highest BCUT2D eigenvalue weighted by Crippen LogP contribution is 2.26. The third-order valence-electron chi connectivity index (χ3n) is 4.42. The van der Waals surface area contributed by atoms with Crippen LogP contribution in [0, 0.1) is 18.6 Å². The van der Waals surface area contributed by atoms with E-state index in [4.69, 9.17) is 4.42 Å². The second-order valence-electron chi connectivity index (χ2n) is 6.81. The summed E-state index contributed by atoms with van der Waals surface area (Å²) in [5.74, 6) is -0.970. The number of thioether (sulfide) groups is 1. The van der Waals surface area contributed by atoms with E-state index in [0.29, 0.717) is 17.5 Å². The van der Waals surface area contributed by atoms with E-state index in [0.717, 1.165) is 29.0 Å². The van der Waals surface area contributed by atoms with Gasteiger partial charge in [-0.2, -0.15) is 0 Å². The second kappa shape index (κ2) is 9.13. The molecule has 31 heavy (non-hydrogen) atoms. The monoisotopic (exact) mass is 440 g/mol. The maximum Gasteiger partial charge on any atom is 0.234 e. The molecular weight excluding hydrogens is 422 g/mol. The van der Waals surface area contributed by atoms with Gasteiger partial charge in [0.2, 0.25) is 5.91 Å². The molecule has 0 saturated heterocycles. The topological polar surface area (TPSA) is 73.0 Å². The van der Waals surface area contributed by atoms with Gasteiger partial charge in [0.25, 0.3) is 0 Å². The summed E-state index contributed by atoms with van der Waals surface area (Å²) in [5, 5.41) is 11.7. The van der Waals surface area contributed by atoms with Crippen LogP contribution in [0.3, 0.4) is 0 Å². The van der Waals surface area contributed by atoms with Crippen LogP contribution in [-0.4, -0.2) is 26.4 Å². The average Bonchev–Trinajstić information content (AvgIpc) is 3.40. The van der Waals surface area contributed by atoms with Crippen LogP contribution < -0.4 is 5.32 Å². The number of aryl methyl sites for hydroxylation is 1. The molecule has 0 saturated carbocycles. The number of rotatable bonds is 7. The lowest BCUT2D eigenvalue weighted by Crippen LogP contribution is -2.15. The molecule has 9 heteroatoms. The van der Waals surface area contributed by atoms with Gasteiger partial charge in [-0.1, -0.05) is 35.5 Å². The van der Waals surface area contributed by atoms with Gasteiger partial charge in [-0.3, -0.25) is 9.36 Å². The standard InChI is InChI=1S/C22H18F2N4O2S/c1-14-4-2-5-15(10-14)21-26-27-22(28(21)12-17-6-3-9-30-17)31-13-20(29)25-16-7-8-18(23)19(24)11-16/h2-11H,12-13H2,1H3,(H,25,29). The van der Waals surface area contributed by atoms with E-state index in [2.05, 4.69) is 15.5 Å². The van der Waals surface area contributed by atoms with Crippen LogP contribution >= 0.6 is 11.8 Å². The summed E-state index contributed by atoms with van der Waals surface area (Å²) in [6, 6.07) is 14.7. The number of amides is 1. The molecule has 0 unspecified atom stereocenters. The highest BCUT2D eigenvalue weighted by atomic mass is 32.2. The Bertz CT molecular complexity index is 1210. The van der Waals surface area contributed by atoms with Crippen molar-refractivity contribution in [3.63, 3.8) is 0 Å². The van der Waals surface area contributed by atoms with Crippen molar-refractivity contribution in [2.75, 3.05) is 11.1 Å². The summed E-state index contributed by atoms with van der Waals surface area (Å²) < 4.78 is 33.7. The predicted octanol–water partition coefficient (Wildman–Crippen LogP) is 4.90. The van der Waals surface area contributed by atoms with Crippen molar-refractivity contribution in [2.24, 2.45) is 0 Å². The lowest BCUT2D eigenvalue weighted by atomic mass is 10.1. The quantitative estimate of drug-likeness (QED) is 0.414. The Kier molecular flexibility index (Phi) is 6.13. The van der Waals surface area contributed by atoms with Crippen LogP contribution in [-0.2, 0) is 11.3 Å². The minimum absolute atomic E-state index is 0.0170. The number of carbonyl (C=O) groups excluding carboxylic acids is 1. The molecule has 0 aliphatic rings. The number of furan rings is 1. The van der Waals surface area contributed by atoms with Gasteiger partial charge in [0.15, 0.2) is 22.6 Å². The molecule has 0 fully saturated rings. The number of hydrogen-bond acceptors (Lipinski definition) is 5. The lowest BCUT2D eigenvalue weighted by Gasteiger charge is -2.10. The molecule has 0 spiro atoms. The highest BCUT2D eigenvalue weighted by molar-refractivity contribution is 7.99. The Labute approximate surface area is 181 Å². The first-order valence-corrected chi connectivity index (χ1v) is 10.4. The molecule has 0 bridgehead atoms. The molecule has 1 amide bonds. The number of carbonyl (C=O) groups is 1. The van der Waals surface area contributed by atoms with Gasteiger partial charge in [0.05, 0.1) is 18.6 Å². The number of benzene rings is 2. The summed E-state index contributed by atoms with van der Waals surface area (Å²) in [5.41, 5.74) is 2.17. The first-order valence-electron chi connectivity index (χ1n) is 9.40. The Morgan fingerprint density at radius 3 is 2.71 bits per heavy atom. The summed E-state index contributed by atoms with van der Waals surface area (Å²) in [4.78, 5) is 12.3. The zero-order chi connectivity index (χ0) is 21.8. The molecule has 0 aliphatic carbocycles. The Hall–Kier alpha value is -3.46. The zero-order valence-corrected chi connectivity index (χ0v) is 17.3. The van der Waals surface area contributed by atoms with Crippen molar-refractivity contribution < 1.29 is 18.0 Å². The number of aromatic nitrogens is 3. The van der Waals surface area contributed by atoms with Crippen LogP contribution in [0.15, 0.2) is 70.4 Å². The Morgan fingerprint density at radius 2 is 1.97 bits per heavy atom. The van der Waals surface area contributed by atoms with Gasteiger partial charge < -0.3 is 9.73 Å². The Morgan fingerprint density at radius 1 is 1.10 bits per heavy atom. The molecule has 1 N–H and O–H groups in total. The van der Waals surface area contributed by atoms with Gasteiger partial charge in [0, 0.05) is 17.3 Å². The molecule has 0 aliphatic heterocycles. The van der Waals surface area contributed by atoms with E-state index >= 15 is 0 Å². The van der Waals surface area contributed by atoms with Gasteiger partial charge >= 0.3 is 0 Å². The third-order valence-corrected chi connectivity index (χ3v) is 5.39. The fourth-order valence-corrected chi connectivity index (χ4v) is 3.73. The number of anilines is 1. The van der Waals surface area contributed by atoms with Crippen molar-refractivity contribution in [2.45, 2.75) is 18.6 Å². The zero-order valence-electron chi connectivity index (χ0n) is 16.5. The largest absolute Gasteiger partial charge is 0.467 e. The number of halogens is 2. The summed E-state index contributed by atoms with van der Waals surface area (Å²) in [6.45, 7) is 2.39. The van der Waals surface area contributed by atoms with Crippen LogP contribution in [0.25, 0.3) is 11.4 Å². The number of hydrogen-bond donors (Lipinski definition) is 1. The van der Waals surface area contributed by atoms with Crippen molar-refractivity contribution >= 4 is 23.4 Å². The first-order chi connectivity index (χ1) is 15.0. The molecule has 2 heterocycles. The maximum absolute atomic E-state index is 13.3. The molecular formula is C22H18F2N4O2S. The average molecular weight is 440 g/mol. The lowest BCUT2D eigenvalue weighted by molar-refractivity contribution is -0.113. The van der Waals surface area contributed by atoms with Crippen LogP contribution in [0.2, 0.25) is 0 Å². The number of nitrogens with one attached hydrogen (secondary N) is 1. The van der Waals surface area contributed by atoms with Crippen molar-refractivity contribution in [3.05, 3.63) is 83.8 Å². The molecule has 4 aromatic rings. The molecule has 158 valence electrons. The molecule has 2 aromatic heterocycles. The third kappa shape index (κ3) is 5.00. The summed E-state index contributed by atoms with van der Waals surface area (Å²) in [6.07, 6.45) is 1.59. The fourth-order valence-electron chi connectivity index (χ4n) is 3.00. The smallest absolute Gasteiger partial charge is 0.234 e. The van der Waals surface area contributed by atoms with E-state index in [1.165, 1.54) is 17.8 Å². The van der Waals surface area contributed by atoms with E-state index in [1.54, 1.807) is 12.3 Å². The predicted molar refractivity (Wildman–Crippen MR) is 114 cm³/mol. The van der Waals surface area contributed by atoms with Crippen molar-refractivity contribution in [1.82, 2.24) is 14.8 Å². The van der Waals surface area contributed by atoms with Crippen LogP contribution in [0.4, 0.5) is 14.5 Å². The van der Waals surface area contributed by atoms with Gasteiger partial charge in [0.1, 0.15) is 5.76 Å². The number of nitrogens with zero attached hydrogens (tertiary/aromatic N) is 3. The SMILES string of the molecule is Cc1cccc(-c2nnc(SCC(=O)Nc3ccc(F)c(F)c3)n2Cc2ccco2)c1. The fraction of sp³-hybridized carbons (Fsp3) is 0.136. The van der Waals surface area contributed by atoms with Gasteiger partial charge in [-0.05, 0) is 37.3 Å².